The number of amides is 1. The van der Waals surface area contributed by atoms with E-state index in [9.17, 15) is 9.59 Å². The molecule has 1 N–H and O–H groups in total. The van der Waals surface area contributed by atoms with Gasteiger partial charge in [0.25, 0.3) is 0 Å². The highest BCUT2D eigenvalue weighted by atomic mass is 32.1. The molecule has 0 spiro atoms. The molecule has 0 aliphatic rings. The zero-order chi connectivity index (χ0) is 19.2. The SMILES string of the molecule is COc1ccc(C(=O)CCC(=O)Nc2ccc(-c3csc(C)n3)cc2)cc1. The number of rotatable bonds is 7. The van der Waals surface area contributed by atoms with Crippen molar-refractivity contribution < 1.29 is 14.3 Å². The quantitative estimate of drug-likeness (QED) is 0.602. The van der Waals surface area contributed by atoms with E-state index < -0.39 is 0 Å². The Labute approximate surface area is 162 Å². The highest BCUT2D eigenvalue weighted by molar-refractivity contribution is 7.09. The van der Waals surface area contributed by atoms with Gasteiger partial charge in [0.2, 0.25) is 5.91 Å². The number of Topliss-reactive ketones (excluding diaryl/α,β-unsaturated/α-hetero) is 1. The second kappa shape index (κ2) is 8.60. The van der Waals surface area contributed by atoms with Gasteiger partial charge in [-0.3, -0.25) is 9.59 Å². The van der Waals surface area contributed by atoms with Gasteiger partial charge in [-0.2, -0.15) is 0 Å². The van der Waals surface area contributed by atoms with Crippen LogP contribution < -0.4 is 10.1 Å². The van der Waals surface area contributed by atoms with E-state index in [1.54, 1.807) is 42.7 Å². The second-order valence-electron chi connectivity index (χ2n) is 6.03. The van der Waals surface area contributed by atoms with Gasteiger partial charge in [-0.05, 0) is 43.3 Å². The van der Waals surface area contributed by atoms with Crippen molar-refractivity contribution in [1.29, 1.82) is 0 Å². The Kier molecular flexibility index (Phi) is 5.98. The lowest BCUT2D eigenvalue weighted by molar-refractivity contribution is -0.116. The number of thiazole rings is 1. The van der Waals surface area contributed by atoms with Gasteiger partial charge in [0.05, 0.1) is 17.8 Å². The minimum Gasteiger partial charge on any atom is -0.497 e. The van der Waals surface area contributed by atoms with Crippen molar-refractivity contribution in [3.8, 4) is 17.0 Å². The predicted molar refractivity (Wildman–Crippen MR) is 107 cm³/mol. The van der Waals surface area contributed by atoms with Gasteiger partial charge in [-0.1, -0.05) is 12.1 Å². The van der Waals surface area contributed by atoms with Gasteiger partial charge in [-0.25, -0.2) is 4.98 Å². The molecule has 0 saturated heterocycles. The summed E-state index contributed by atoms with van der Waals surface area (Å²) < 4.78 is 5.07. The van der Waals surface area contributed by atoms with Crippen molar-refractivity contribution in [2.24, 2.45) is 0 Å². The summed E-state index contributed by atoms with van der Waals surface area (Å²) in [5.74, 6) is 0.441. The van der Waals surface area contributed by atoms with Crippen LogP contribution in [0.4, 0.5) is 5.69 Å². The summed E-state index contributed by atoms with van der Waals surface area (Å²) in [6.07, 6.45) is 0.298. The molecule has 5 nitrogen and oxygen atoms in total. The largest absolute Gasteiger partial charge is 0.497 e. The number of anilines is 1. The van der Waals surface area contributed by atoms with E-state index in [0.29, 0.717) is 17.0 Å². The summed E-state index contributed by atoms with van der Waals surface area (Å²) in [7, 11) is 1.58. The third-order valence-corrected chi connectivity index (χ3v) is 4.85. The van der Waals surface area contributed by atoms with E-state index in [1.807, 2.05) is 36.6 Å². The van der Waals surface area contributed by atoms with Gasteiger partial charge < -0.3 is 10.1 Å². The molecule has 1 aromatic heterocycles. The lowest BCUT2D eigenvalue weighted by Gasteiger charge is -2.06. The number of benzene rings is 2. The van der Waals surface area contributed by atoms with Crippen LogP contribution in [0.1, 0.15) is 28.2 Å². The van der Waals surface area contributed by atoms with Gasteiger partial charge >= 0.3 is 0 Å². The fraction of sp³-hybridized carbons (Fsp3) is 0.190. The normalized spacial score (nSPS) is 10.4. The number of hydrogen-bond donors (Lipinski definition) is 1. The molecule has 0 bridgehead atoms. The van der Waals surface area contributed by atoms with E-state index in [4.69, 9.17) is 4.74 Å². The van der Waals surface area contributed by atoms with Gasteiger partial charge in [0.1, 0.15) is 5.75 Å². The topological polar surface area (TPSA) is 68.3 Å². The number of hydrogen-bond acceptors (Lipinski definition) is 5. The minimum atomic E-state index is -0.186. The number of carbonyl (C=O) groups excluding carboxylic acids is 2. The van der Waals surface area contributed by atoms with Crippen LogP contribution in [0.5, 0.6) is 5.75 Å². The maximum atomic E-state index is 12.2. The van der Waals surface area contributed by atoms with Crippen molar-refractivity contribution in [2.75, 3.05) is 12.4 Å². The minimum absolute atomic E-state index is 0.0675. The van der Waals surface area contributed by atoms with Gasteiger partial charge in [0.15, 0.2) is 5.78 Å². The molecule has 0 radical (unpaired) electrons. The fourth-order valence-electron chi connectivity index (χ4n) is 2.59. The highest BCUT2D eigenvalue weighted by Gasteiger charge is 2.10. The number of ether oxygens (including phenoxy) is 1. The molecule has 0 atom stereocenters. The second-order valence-corrected chi connectivity index (χ2v) is 7.09. The molecule has 27 heavy (non-hydrogen) atoms. The maximum Gasteiger partial charge on any atom is 0.224 e. The molecule has 0 saturated carbocycles. The van der Waals surface area contributed by atoms with Crippen molar-refractivity contribution in [2.45, 2.75) is 19.8 Å². The summed E-state index contributed by atoms with van der Waals surface area (Å²) in [5, 5.41) is 5.85. The number of aryl methyl sites for hydroxylation is 1. The molecule has 0 fully saturated rings. The first kappa shape index (κ1) is 18.8. The molecule has 0 aliphatic heterocycles. The first-order chi connectivity index (χ1) is 13.0. The first-order valence-corrected chi connectivity index (χ1v) is 9.43. The van der Waals surface area contributed by atoms with Crippen LogP contribution in [0.25, 0.3) is 11.3 Å². The molecule has 0 unspecified atom stereocenters. The predicted octanol–water partition coefficient (Wildman–Crippen LogP) is 4.73. The Morgan fingerprint density at radius 1 is 1.04 bits per heavy atom. The Bertz CT molecular complexity index is 931. The van der Waals surface area contributed by atoms with Crippen molar-refractivity contribution in [3.63, 3.8) is 0 Å². The van der Waals surface area contributed by atoms with Crippen LogP contribution in [0.3, 0.4) is 0 Å². The molecule has 6 heteroatoms. The number of methoxy groups -OCH3 is 1. The number of nitrogens with zero attached hydrogens (tertiary/aromatic N) is 1. The summed E-state index contributed by atoms with van der Waals surface area (Å²) in [6, 6.07) is 14.4. The monoisotopic (exact) mass is 380 g/mol. The number of nitrogens with one attached hydrogen (secondary N) is 1. The Morgan fingerprint density at radius 2 is 1.74 bits per heavy atom. The molecule has 3 aromatic rings. The average Bonchev–Trinajstić information content (AvgIpc) is 3.13. The van der Waals surface area contributed by atoms with Gasteiger partial charge in [-0.15, -0.1) is 11.3 Å². The lowest BCUT2D eigenvalue weighted by Crippen LogP contribution is -2.13. The molecule has 0 aliphatic carbocycles. The van der Waals surface area contributed by atoms with Crippen LogP contribution in [0, 0.1) is 6.92 Å². The molecule has 138 valence electrons. The van der Waals surface area contributed by atoms with Gasteiger partial charge in [0, 0.05) is 35.0 Å². The highest BCUT2D eigenvalue weighted by Crippen LogP contribution is 2.23. The zero-order valence-electron chi connectivity index (χ0n) is 15.2. The third-order valence-electron chi connectivity index (χ3n) is 4.07. The molecular formula is C21H20N2O3S. The van der Waals surface area contributed by atoms with Crippen LogP contribution in [0.2, 0.25) is 0 Å². The Balaban J connectivity index is 1.52. The number of ketones is 1. The van der Waals surface area contributed by atoms with Crippen molar-refractivity contribution in [3.05, 3.63) is 64.5 Å². The van der Waals surface area contributed by atoms with Crippen LogP contribution >= 0.6 is 11.3 Å². The summed E-state index contributed by atoms with van der Waals surface area (Å²) >= 11 is 1.60. The maximum absolute atomic E-state index is 12.2. The Morgan fingerprint density at radius 3 is 2.33 bits per heavy atom. The summed E-state index contributed by atoms with van der Waals surface area (Å²) in [4.78, 5) is 28.7. The number of carbonyl (C=O) groups is 2. The van der Waals surface area contributed by atoms with E-state index in [-0.39, 0.29) is 24.5 Å². The third kappa shape index (κ3) is 5.01. The van der Waals surface area contributed by atoms with E-state index in [0.717, 1.165) is 16.3 Å². The fourth-order valence-corrected chi connectivity index (χ4v) is 3.21. The lowest BCUT2D eigenvalue weighted by atomic mass is 10.1. The van der Waals surface area contributed by atoms with Crippen LogP contribution in [-0.4, -0.2) is 23.8 Å². The molecule has 1 amide bonds. The van der Waals surface area contributed by atoms with Crippen molar-refractivity contribution >= 4 is 28.7 Å². The Hall–Kier alpha value is -2.99. The average molecular weight is 380 g/mol. The van der Waals surface area contributed by atoms with Crippen LogP contribution in [-0.2, 0) is 4.79 Å². The van der Waals surface area contributed by atoms with E-state index in [1.165, 1.54) is 0 Å². The van der Waals surface area contributed by atoms with Crippen LogP contribution in [0.15, 0.2) is 53.9 Å². The standard InChI is InChI=1S/C21H20N2O3S/c1-14-22-19(13-27-14)15-3-7-17(8-4-15)23-21(25)12-11-20(24)16-5-9-18(26-2)10-6-16/h3-10,13H,11-12H2,1-2H3,(H,23,25). The summed E-state index contributed by atoms with van der Waals surface area (Å²) in [6.45, 7) is 1.97. The van der Waals surface area contributed by atoms with E-state index in [2.05, 4.69) is 10.3 Å². The van der Waals surface area contributed by atoms with Crippen molar-refractivity contribution in [1.82, 2.24) is 4.98 Å². The first-order valence-electron chi connectivity index (χ1n) is 8.55. The molecule has 1 heterocycles. The smallest absolute Gasteiger partial charge is 0.224 e. The molecule has 2 aromatic carbocycles. The van der Waals surface area contributed by atoms with E-state index >= 15 is 0 Å². The zero-order valence-corrected chi connectivity index (χ0v) is 16.0. The molecule has 3 rings (SSSR count). The molecular weight excluding hydrogens is 360 g/mol. The summed E-state index contributed by atoms with van der Waals surface area (Å²) in [5.41, 5.74) is 3.21. The number of aromatic nitrogens is 1.